The van der Waals surface area contributed by atoms with E-state index in [1.807, 2.05) is 118 Å². The molecule has 0 N–H and O–H groups in total. The molecular weight excluding hydrogens is 752 g/mol. The molecule has 0 amide bonds. The number of para-hydroxylation sites is 2. The van der Waals surface area contributed by atoms with Crippen molar-refractivity contribution in [3.05, 3.63) is 192 Å². The Morgan fingerprint density at radius 1 is 0.367 bits per heavy atom. The van der Waals surface area contributed by atoms with Gasteiger partial charge in [-0.2, -0.15) is 29.0 Å². The van der Waals surface area contributed by atoms with Crippen molar-refractivity contribution in [3.8, 4) is 63.0 Å². The van der Waals surface area contributed by atoms with Crippen molar-refractivity contribution in [2.75, 3.05) is 0 Å². The van der Waals surface area contributed by atoms with E-state index < -0.39 is 11.7 Å². The zero-order valence-corrected chi connectivity index (χ0v) is 31.5. The van der Waals surface area contributed by atoms with Crippen molar-refractivity contribution in [2.45, 2.75) is 6.18 Å². The van der Waals surface area contributed by atoms with Gasteiger partial charge in [-0.05, 0) is 118 Å². The first-order valence-electron chi connectivity index (χ1n) is 19.1. The number of halogens is 3. The van der Waals surface area contributed by atoms with E-state index in [1.54, 1.807) is 30.3 Å². The average molecular weight is 780 g/mol. The van der Waals surface area contributed by atoms with Crippen LogP contribution in [0.4, 0.5) is 13.2 Å². The van der Waals surface area contributed by atoms with Gasteiger partial charge >= 0.3 is 6.18 Å². The van der Waals surface area contributed by atoms with E-state index in [-0.39, 0.29) is 0 Å². The third-order valence-corrected chi connectivity index (χ3v) is 11.3. The van der Waals surface area contributed by atoms with Crippen molar-refractivity contribution in [2.24, 2.45) is 0 Å². The third-order valence-electron chi connectivity index (χ3n) is 11.3. The summed E-state index contributed by atoms with van der Waals surface area (Å²) in [5.74, 6) is 0. The van der Waals surface area contributed by atoms with Crippen molar-refractivity contribution in [1.29, 1.82) is 15.8 Å². The minimum atomic E-state index is -4.56. The van der Waals surface area contributed by atoms with Crippen LogP contribution in [0, 0.1) is 34.0 Å². The van der Waals surface area contributed by atoms with Gasteiger partial charge in [0.2, 0.25) is 0 Å². The second kappa shape index (κ2) is 13.9. The summed E-state index contributed by atoms with van der Waals surface area (Å²) in [6.07, 6.45) is -4.56. The fraction of sp³-hybridized carbons (Fsp3) is 0.0192. The van der Waals surface area contributed by atoms with Crippen LogP contribution in [-0.4, -0.2) is 9.13 Å². The molecule has 5 nitrogen and oxygen atoms in total. The van der Waals surface area contributed by atoms with E-state index >= 15 is 0 Å². The Hall–Kier alpha value is -8.38. The molecule has 10 aromatic rings. The number of rotatable bonds is 5. The fourth-order valence-corrected chi connectivity index (χ4v) is 8.42. The lowest BCUT2D eigenvalue weighted by molar-refractivity contribution is -0.137. The first kappa shape index (κ1) is 36.0. The highest BCUT2D eigenvalue weighted by Crippen LogP contribution is 2.42. The highest BCUT2D eigenvalue weighted by atomic mass is 19.4. The predicted molar refractivity (Wildman–Crippen MR) is 231 cm³/mol. The third kappa shape index (κ3) is 5.85. The van der Waals surface area contributed by atoms with E-state index in [9.17, 15) is 29.0 Å². The quantitative estimate of drug-likeness (QED) is 0.174. The molecule has 60 heavy (non-hydrogen) atoms. The molecule has 0 atom stereocenters. The number of aromatic nitrogens is 2. The van der Waals surface area contributed by atoms with E-state index in [2.05, 4.69) is 30.3 Å². The number of alkyl halides is 3. The molecule has 0 bridgehead atoms. The molecule has 0 aliphatic carbocycles. The molecule has 0 aliphatic rings. The SMILES string of the molecule is N#Cc1ccc(-c2ccc3c(c2)c2ccccc2n3-c2cc(-c3cccc(C(F)(F)F)c3)cc(-n3c4ccccc4c4cc(-c5ccc(C#N)cc5)ccc43)c2C#N)cc1. The summed E-state index contributed by atoms with van der Waals surface area (Å²) in [5, 5.41) is 33.8. The Kier molecular flexibility index (Phi) is 8.35. The molecule has 2 heterocycles. The van der Waals surface area contributed by atoms with Crippen molar-refractivity contribution < 1.29 is 13.2 Å². The maximum Gasteiger partial charge on any atom is 0.416 e. The number of nitrogens with zero attached hydrogens (tertiary/aromatic N) is 5. The molecule has 0 saturated carbocycles. The molecule has 2 aromatic heterocycles. The van der Waals surface area contributed by atoms with Crippen LogP contribution < -0.4 is 0 Å². The Balaban J connectivity index is 1.28. The van der Waals surface area contributed by atoms with Gasteiger partial charge < -0.3 is 9.13 Å². The van der Waals surface area contributed by atoms with Crippen LogP contribution in [0.1, 0.15) is 22.3 Å². The van der Waals surface area contributed by atoms with E-state index in [1.165, 1.54) is 6.07 Å². The van der Waals surface area contributed by atoms with Gasteiger partial charge in [0.1, 0.15) is 11.6 Å². The van der Waals surface area contributed by atoms with Crippen molar-refractivity contribution in [1.82, 2.24) is 9.13 Å². The smallest absolute Gasteiger partial charge is 0.308 e. The summed E-state index contributed by atoms with van der Waals surface area (Å²) < 4.78 is 46.7. The van der Waals surface area contributed by atoms with Gasteiger partial charge in [-0.3, -0.25) is 0 Å². The highest BCUT2D eigenvalue weighted by molar-refractivity contribution is 6.12. The molecule has 8 aromatic carbocycles. The standard InChI is InChI=1S/C52H28F3N5/c53-52(54,55)40-7-5-6-36(24-40)39-27-50(59-46-10-3-1-8-41(46)43-25-37(20-22-48(43)59)34-16-12-32(29-56)13-17-34)45(31-58)51(28-39)60-47-11-4-2-9-42(47)44-26-38(21-23-49(44)60)35-18-14-33(30-57)15-19-35/h1-28H. The summed E-state index contributed by atoms with van der Waals surface area (Å²) in [4.78, 5) is 0. The summed E-state index contributed by atoms with van der Waals surface area (Å²) in [6, 6.07) is 58.6. The minimum absolute atomic E-state index is 0.336. The van der Waals surface area contributed by atoms with E-state index in [4.69, 9.17) is 0 Å². The van der Waals surface area contributed by atoms with Crippen LogP contribution in [0.3, 0.4) is 0 Å². The lowest BCUT2D eigenvalue weighted by atomic mass is 9.98. The van der Waals surface area contributed by atoms with Gasteiger partial charge in [0, 0.05) is 21.5 Å². The molecule has 0 radical (unpaired) electrons. The minimum Gasteiger partial charge on any atom is -0.308 e. The number of benzene rings is 8. The normalized spacial score (nSPS) is 11.5. The zero-order chi connectivity index (χ0) is 41.1. The molecule has 0 spiro atoms. The van der Waals surface area contributed by atoms with Gasteiger partial charge in [0.25, 0.3) is 0 Å². The van der Waals surface area contributed by atoms with Gasteiger partial charge in [0.05, 0.1) is 62.3 Å². The Morgan fingerprint density at radius 2 is 0.800 bits per heavy atom. The van der Waals surface area contributed by atoms with Crippen LogP contribution >= 0.6 is 0 Å². The maximum atomic E-state index is 14.2. The topological polar surface area (TPSA) is 81.2 Å². The first-order chi connectivity index (χ1) is 29.2. The lowest BCUT2D eigenvalue weighted by Gasteiger charge is -2.19. The molecule has 0 saturated heterocycles. The number of fused-ring (bicyclic) bond motifs is 6. The Morgan fingerprint density at radius 3 is 1.25 bits per heavy atom. The van der Waals surface area contributed by atoms with Crippen LogP contribution in [0.15, 0.2) is 170 Å². The van der Waals surface area contributed by atoms with Gasteiger partial charge in [0.15, 0.2) is 0 Å². The molecule has 282 valence electrons. The summed E-state index contributed by atoms with van der Waals surface area (Å²) in [5.41, 5.74) is 9.60. The van der Waals surface area contributed by atoms with Crippen LogP contribution in [0.25, 0.3) is 88.4 Å². The van der Waals surface area contributed by atoms with Crippen LogP contribution in [-0.2, 0) is 6.18 Å². The predicted octanol–water partition coefficient (Wildman–Crippen LogP) is 13.5. The van der Waals surface area contributed by atoms with E-state index in [0.29, 0.717) is 39.2 Å². The zero-order valence-electron chi connectivity index (χ0n) is 31.5. The average Bonchev–Trinajstić information content (AvgIpc) is 3.80. The monoisotopic (exact) mass is 779 g/mol. The Bertz CT molecular complexity index is 3300. The van der Waals surface area contributed by atoms with Gasteiger partial charge in [-0.1, -0.05) is 84.9 Å². The Labute approximate surface area is 341 Å². The molecule has 0 fully saturated rings. The second-order valence-corrected chi connectivity index (χ2v) is 14.6. The first-order valence-corrected chi connectivity index (χ1v) is 19.1. The van der Waals surface area contributed by atoms with Crippen LogP contribution in [0.5, 0.6) is 0 Å². The number of hydrogen-bond donors (Lipinski definition) is 0. The van der Waals surface area contributed by atoms with Gasteiger partial charge in [-0.15, -0.1) is 0 Å². The summed E-state index contributed by atoms with van der Waals surface area (Å²) >= 11 is 0. The van der Waals surface area contributed by atoms with Gasteiger partial charge in [-0.25, -0.2) is 0 Å². The van der Waals surface area contributed by atoms with Crippen molar-refractivity contribution >= 4 is 43.6 Å². The second-order valence-electron chi connectivity index (χ2n) is 14.6. The summed E-state index contributed by atoms with van der Waals surface area (Å²) in [6.45, 7) is 0. The lowest BCUT2D eigenvalue weighted by Crippen LogP contribution is -2.06. The van der Waals surface area contributed by atoms with E-state index in [0.717, 1.165) is 78.0 Å². The number of hydrogen-bond acceptors (Lipinski definition) is 3. The molecular formula is C52H28F3N5. The number of nitriles is 3. The molecule has 8 heteroatoms. The maximum absolute atomic E-state index is 14.2. The van der Waals surface area contributed by atoms with Crippen molar-refractivity contribution in [3.63, 3.8) is 0 Å². The fourth-order valence-electron chi connectivity index (χ4n) is 8.42. The highest BCUT2D eigenvalue weighted by Gasteiger charge is 2.31. The summed E-state index contributed by atoms with van der Waals surface area (Å²) in [7, 11) is 0. The van der Waals surface area contributed by atoms with Crippen LogP contribution in [0.2, 0.25) is 0 Å². The molecule has 10 rings (SSSR count). The molecule has 0 unspecified atom stereocenters. The largest absolute Gasteiger partial charge is 0.416 e. The molecule has 0 aliphatic heterocycles.